The fraction of sp³-hybridized carbons (Fsp3) is 0.553. The van der Waals surface area contributed by atoms with E-state index in [1.54, 1.807) is 25.3 Å². The van der Waals surface area contributed by atoms with Crippen LogP contribution in [0.2, 0.25) is 0 Å². The zero-order valence-electron chi connectivity index (χ0n) is 29.6. The van der Waals surface area contributed by atoms with Crippen molar-refractivity contribution < 1.29 is 42.6 Å². The van der Waals surface area contributed by atoms with Crippen LogP contribution in [-0.2, 0) is 23.5 Å². The number of alkyl carbamates (subject to hydrolysis) is 1. The number of pyridine rings is 1. The average Bonchev–Trinajstić information content (AvgIpc) is 3.42. The molecule has 0 bridgehead atoms. The van der Waals surface area contributed by atoms with Gasteiger partial charge in [-0.1, -0.05) is 40.9 Å². The Kier molecular flexibility index (Phi) is 11.6. The maximum Gasteiger partial charge on any atom is 0.605 e. The molecule has 3 amide bonds. The van der Waals surface area contributed by atoms with Crippen LogP contribution in [0.1, 0.15) is 86.7 Å². The fourth-order valence-electron chi connectivity index (χ4n) is 7.68. The zero-order chi connectivity index (χ0) is 37.0. The Balaban J connectivity index is 1.33. The molecule has 2 aliphatic carbocycles. The van der Waals surface area contributed by atoms with Crippen LogP contribution in [0.25, 0.3) is 10.9 Å². The number of fused-ring (bicyclic) bond motifs is 3. The van der Waals surface area contributed by atoms with E-state index < -0.39 is 47.6 Å². The van der Waals surface area contributed by atoms with E-state index in [9.17, 15) is 24.0 Å². The largest absolute Gasteiger partial charge is 0.605 e. The first kappa shape index (κ1) is 37.4. The Morgan fingerprint density at radius 2 is 1.87 bits per heavy atom. The van der Waals surface area contributed by atoms with Crippen LogP contribution in [0.4, 0.5) is 4.79 Å². The van der Waals surface area contributed by atoms with Crippen LogP contribution in [0.15, 0.2) is 30.4 Å². The van der Waals surface area contributed by atoms with E-state index in [0.29, 0.717) is 41.7 Å². The summed E-state index contributed by atoms with van der Waals surface area (Å²) in [5.41, 5.74) is 0.129. The van der Waals surface area contributed by atoms with Gasteiger partial charge in [0.15, 0.2) is 12.6 Å². The number of carbonyl (C=O) groups excluding carboxylic acids is 6. The molecule has 2 saturated carbocycles. The second-order valence-corrected chi connectivity index (χ2v) is 14.7. The van der Waals surface area contributed by atoms with E-state index in [4.69, 9.17) is 18.6 Å². The second-order valence-electron chi connectivity index (χ2n) is 14.1. The molecule has 1 aromatic heterocycles. The molecular weight excluding hydrogens is 736 g/mol. The number of ketones is 1. The van der Waals surface area contributed by atoms with Crippen molar-refractivity contribution >= 4 is 63.3 Å². The minimum Gasteiger partial charge on any atom is -0.496 e. The van der Waals surface area contributed by atoms with Crippen LogP contribution < -0.4 is 20.1 Å². The Hall–Kier alpha value is -4.33. The minimum absolute atomic E-state index is 0.00353. The van der Waals surface area contributed by atoms with E-state index >= 15 is 0 Å². The lowest BCUT2D eigenvalue weighted by Gasteiger charge is -2.29. The van der Waals surface area contributed by atoms with Gasteiger partial charge in [-0.05, 0) is 70.4 Å². The number of hydrogen-bond acceptors (Lipinski definition) is 9. The number of aromatic nitrogens is 1. The Morgan fingerprint density at radius 1 is 1.10 bits per heavy atom. The van der Waals surface area contributed by atoms with Crippen molar-refractivity contribution in [2.75, 3.05) is 19.0 Å². The first-order valence-corrected chi connectivity index (χ1v) is 19.2. The van der Waals surface area contributed by atoms with Crippen LogP contribution in [-0.4, -0.2) is 95.1 Å². The van der Waals surface area contributed by atoms with Gasteiger partial charge in [-0.15, -0.1) is 0 Å². The molecule has 3 heterocycles. The fourth-order valence-corrected chi connectivity index (χ4v) is 7.97. The second kappa shape index (κ2) is 16.1. The van der Waals surface area contributed by atoms with E-state index in [1.807, 2.05) is 19.1 Å². The number of alkyl halides is 1. The molecule has 2 N–H and O–H groups in total. The summed E-state index contributed by atoms with van der Waals surface area (Å²) in [7, 11) is 1.55. The summed E-state index contributed by atoms with van der Waals surface area (Å²) in [6.45, 7) is 5.15. The topological polar surface area (TPSA) is 165 Å². The number of amides is 3. The van der Waals surface area contributed by atoms with Crippen molar-refractivity contribution in [3.05, 3.63) is 41.6 Å². The molecule has 0 spiro atoms. The van der Waals surface area contributed by atoms with Gasteiger partial charge in [0, 0.05) is 29.4 Å². The van der Waals surface area contributed by atoms with Crippen molar-refractivity contribution in [3.8, 4) is 11.5 Å². The number of nitrogens with zero attached hydrogens (tertiary/aromatic N) is 2. The van der Waals surface area contributed by atoms with E-state index in [1.165, 1.54) is 4.90 Å². The van der Waals surface area contributed by atoms with Crippen molar-refractivity contribution in [2.45, 2.75) is 107 Å². The maximum atomic E-state index is 14.5. The van der Waals surface area contributed by atoms with Gasteiger partial charge in [-0.25, -0.2) is 9.78 Å². The highest BCUT2D eigenvalue weighted by Crippen LogP contribution is 2.46. The third-order valence-electron chi connectivity index (χ3n) is 10.7. The summed E-state index contributed by atoms with van der Waals surface area (Å²) in [6, 6.07) is 3.16. The van der Waals surface area contributed by atoms with Crippen molar-refractivity contribution in [1.29, 1.82) is 0 Å². The molecule has 6 rings (SSSR count). The molecule has 1 unspecified atom stereocenters. The molecule has 0 radical (unpaired) electrons. The number of benzene rings is 1. The van der Waals surface area contributed by atoms with E-state index in [-0.39, 0.29) is 41.8 Å². The van der Waals surface area contributed by atoms with Gasteiger partial charge < -0.3 is 29.7 Å². The van der Waals surface area contributed by atoms with Crippen LogP contribution in [0, 0.1) is 12.8 Å². The summed E-state index contributed by atoms with van der Waals surface area (Å²) >= 11 is 3.23. The molecule has 3 fully saturated rings. The highest BCUT2D eigenvalue weighted by molar-refractivity contribution is 9.09. The lowest BCUT2D eigenvalue weighted by atomic mass is 10.0. The number of ether oxygens (including phenoxy) is 3. The number of hydrogen-bond donors (Lipinski definition) is 2. The predicted molar refractivity (Wildman–Crippen MR) is 195 cm³/mol. The number of rotatable bonds is 8. The highest BCUT2D eigenvalue weighted by Gasteiger charge is 2.68. The standard InChI is InChI=1S/C38H45BrN4O9/c1-22-31(49-2)16-15-26-32(18-28(30(44)20-39)40-33(22)26)51-25-17-29-34(45)42-38(36(47)50-3)19-23(38)11-7-5-4-6-8-14-27(35(46)43(29)21-25)41-37(48)52-24-12-9-10-13-24/h7,11,15-16,18,23-25,27,29H,3-6,8-10,12-14,17,19-21H2,1-2H3,(H-,41,42,45,48)/p+1/b11-7-/t23?,25-,27+,29+,38-/m1/s1. The predicted octanol–water partition coefficient (Wildman–Crippen LogP) is 4.80. The normalized spacial score (nSPS) is 27.3. The maximum absolute atomic E-state index is 14.5. The van der Waals surface area contributed by atoms with Gasteiger partial charge in [0.05, 0.1) is 29.3 Å². The average molecular weight is 783 g/mol. The monoisotopic (exact) mass is 781 g/mol. The molecular formula is C38H46BrN4O9+. The van der Waals surface area contributed by atoms with Gasteiger partial charge in [-0.2, -0.15) is 0 Å². The highest BCUT2D eigenvalue weighted by atomic mass is 79.9. The SMILES string of the molecule is C=[O+]C(=O)[C@@]12CC1/C=C\CCCCC[C@H](NC(=O)OC1CCCC1)C(=O)N1C[C@H](Oc3cc(C(=O)CBr)nc4c(C)c(OC)ccc34)C[C@H]1C(=O)N2. The Labute approximate surface area is 311 Å². The summed E-state index contributed by atoms with van der Waals surface area (Å²) in [4.78, 5) is 73.7. The number of methoxy groups -OCH3 is 1. The van der Waals surface area contributed by atoms with Crippen molar-refractivity contribution in [1.82, 2.24) is 20.5 Å². The molecule has 52 heavy (non-hydrogen) atoms. The summed E-state index contributed by atoms with van der Waals surface area (Å²) < 4.78 is 22.6. The van der Waals surface area contributed by atoms with Gasteiger partial charge in [0.25, 0.3) is 0 Å². The zero-order valence-corrected chi connectivity index (χ0v) is 31.2. The molecule has 13 nitrogen and oxygen atoms in total. The number of Topliss-reactive ketones (excluding diaryl/α,β-unsaturated/α-hetero) is 1. The van der Waals surface area contributed by atoms with Gasteiger partial charge in [0.1, 0.15) is 41.5 Å². The Bertz CT molecular complexity index is 1780. The molecule has 14 heteroatoms. The van der Waals surface area contributed by atoms with Crippen molar-refractivity contribution in [2.24, 2.45) is 5.92 Å². The van der Waals surface area contributed by atoms with E-state index in [0.717, 1.165) is 50.5 Å². The number of allylic oxidation sites excluding steroid dienone is 1. The summed E-state index contributed by atoms with van der Waals surface area (Å²) in [6.07, 6.45) is 9.78. The lowest BCUT2D eigenvalue weighted by molar-refractivity contribution is -0.372. The molecule has 1 saturated heterocycles. The van der Waals surface area contributed by atoms with Crippen LogP contribution >= 0.6 is 15.9 Å². The van der Waals surface area contributed by atoms with Gasteiger partial charge >= 0.3 is 12.1 Å². The lowest BCUT2D eigenvalue weighted by Crippen LogP contribution is -2.56. The van der Waals surface area contributed by atoms with Gasteiger partial charge in [0.2, 0.25) is 17.4 Å². The minimum atomic E-state index is -1.30. The molecule has 2 aliphatic heterocycles. The first-order chi connectivity index (χ1) is 25.1. The quantitative estimate of drug-likeness (QED) is 0.166. The summed E-state index contributed by atoms with van der Waals surface area (Å²) in [5, 5.41) is 6.40. The Morgan fingerprint density at radius 3 is 2.60 bits per heavy atom. The third-order valence-corrected chi connectivity index (χ3v) is 11.2. The van der Waals surface area contributed by atoms with Crippen LogP contribution in [0.5, 0.6) is 11.5 Å². The van der Waals surface area contributed by atoms with Crippen LogP contribution in [0.3, 0.4) is 0 Å². The number of nitrogens with one attached hydrogen (secondary N) is 2. The first-order valence-electron chi connectivity index (χ1n) is 18.1. The van der Waals surface area contributed by atoms with Gasteiger partial charge in [-0.3, -0.25) is 18.8 Å². The number of aryl methyl sites for hydroxylation is 1. The smallest absolute Gasteiger partial charge is 0.496 e. The van der Waals surface area contributed by atoms with E-state index in [2.05, 4.69) is 38.3 Å². The summed E-state index contributed by atoms with van der Waals surface area (Å²) in [5.74, 6) is -1.22. The molecule has 1 aromatic carbocycles. The molecule has 5 atom stereocenters. The number of halogens is 1. The third kappa shape index (κ3) is 7.86. The molecule has 278 valence electrons. The molecule has 2 aromatic rings. The number of carbonyl (C=O) groups is 5. The molecule has 4 aliphatic rings. The van der Waals surface area contributed by atoms with Crippen molar-refractivity contribution in [3.63, 3.8) is 0 Å².